The van der Waals surface area contributed by atoms with Crippen LogP contribution in [0.2, 0.25) is 0 Å². The van der Waals surface area contributed by atoms with Crippen LogP contribution in [-0.2, 0) is 16.0 Å². The third-order valence-corrected chi connectivity index (χ3v) is 4.95. The Bertz CT molecular complexity index is 732. The van der Waals surface area contributed by atoms with Crippen LogP contribution in [-0.4, -0.2) is 40.6 Å². The van der Waals surface area contributed by atoms with Gasteiger partial charge in [0.15, 0.2) is 0 Å². The fourth-order valence-electron chi connectivity index (χ4n) is 3.60. The lowest BCUT2D eigenvalue weighted by atomic mass is 9.94. The molecule has 3 rings (SSSR count). The molecule has 0 radical (unpaired) electrons. The van der Waals surface area contributed by atoms with Crippen molar-refractivity contribution in [2.24, 2.45) is 0 Å². The summed E-state index contributed by atoms with van der Waals surface area (Å²) in [7, 11) is 0. The Hall–Kier alpha value is -2.58. The number of halogens is 3. The van der Waals surface area contributed by atoms with E-state index >= 15 is 0 Å². The summed E-state index contributed by atoms with van der Waals surface area (Å²) in [5, 5.41) is 3.44. The molecule has 146 valence electrons. The molecule has 1 atom stereocenters. The number of nitrogens with zero attached hydrogens (tertiary/aromatic N) is 1. The molecule has 4 amide bonds. The lowest BCUT2D eigenvalue weighted by Crippen LogP contribution is -2.69. The predicted octanol–water partition coefficient (Wildman–Crippen LogP) is 2.49. The highest BCUT2D eigenvalue weighted by atomic mass is 19.4. The van der Waals surface area contributed by atoms with Gasteiger partial charge in [0.05, 0.1) is 6.42 Å². The van der Waals surface area contributed by atoms with Gasteiger partial charge in [0.2, 0.25) is 5.91 Å². The Kier molecular flexibility index (Phi) is 5.12. The van der Waals surface area contributed by atoms with Crippen LogP contribution in [0.25, 0.3) is 0 Å². The van der Waals surface area contributed by atoms with Crippen LogP contribution >= 0.6 is 0 Å². The molecule has 2 N–H and O–H groups in total. The van der Waals surface area contributed by atoms with Crippen molar-refractivity contribution in [2.45, 2.75) is 56.4 Å². The largest absolute Gasteiger partial charge is 0.440 e. The van der Waals surface area contributed by atoms with Gasteiger partial charge in [-0.2, -0.15) is 13.2 Å². The molecule has 1 aromatic carbocycles. The summed E-state index contributed by atoms with van der Waals surface area (Å²) < 4.78 is 41.4. The van der Waals surface area contributed by atoms with Crippen molar-refractivity contribution in [3.8, 4) is 0 Å². The number of alkyl halides is 3. The third kappa shape index (κ3) is 3.63. The van der Waals surface area contributed by atoms with Gasteiger partial charge in [0.25, 0.3) is 11.6 Å². The number of urea groups is 1. The normalized spacial score (nSPS) is 24.0. The summed E-state index contributed by atoms with van der Waals surface area (Å²) in [5.41, 5.74) is -2.93. The van der Waals surface area contributed by atoms with Crippen molar-refractivity contribution in [2.75, 3.05) is 0 Å². The average Bonchev–Trinajstić information content (AvgIpc) is 2.87. The van der Waals surface area contributed by atoms with E-state index in [9.17, 15) is 27.6 Å². The molecule has 0 bridgehead atoms. The molecule has 1 aliphatic heterocycles. The Morgan fingerprint density at radius 3 is 2.37 bits per heavy atom. The number of hydrogen-bond donors (Lipinski definition) is 2. The maximum Gasteiger partial charge on any atom is 0.440 e. The van der Waals surface area contributed by atoms with E-state index in [-0.39, 0.29) is 6.42 Å². The van der Waals surface area contributed by atoms with Crippen molar-refractivity contribution in [3.05, 3.63) is 35.9 Å². The highest BCUT2D eigenvalue weighted by Crippen LogP contribution is 2.36. The Balaban J connectivity index is 1.84. The topological polar surface area (TPSA) is 78.5 Å². The number of amides is 4. The molecule has 0 spiro atoms. The van der Waals surface area contributed by atoms with E-state index in [2.05, 4.69) is 0 Å². The molecule has 0 unspecified atom stereocenters. The summed E-state index contributed by atoms with van der Waals surface area (Å²) in [6, 6.07) is 6.48. The summed E-state index contributed by atoms with van der Waals surface area (Å²) in [5.74, 6) is -2.47. The number of imide groups is 1. The zero-order chi connectivity index (χ0) is 19.7. The molecule has 1 aliphatic carbocycles. The smallest absolute Gasteiger partial charge is 0.318 e. The number of rotatable bonds is 4. The van der Waals surface area contributed by atoms with Crippen molar-refractivity contribution in [3.63, 3.8) is 0 Å². The first-order valence-electron chi connectivity index (χ1n) is 8.82. The standard InChI is InChI=1S/C18H20F3N3O3/c19-18(20,21)17(22-14(25)11-12-7-3-1-4-8-12)15(26)24(16(27)23-17)13-9-5-2-6-10-13/h1,3-4,7-8,13H,2,5-6,9-11H2,(H,22,25)(H,23,27)/t17-/m0/s1. The fraction of sp³-hybridized carbons (Fsp3) is 0.500. The van der Waals surface area contributed by atoms with E-state index in [1.54, 1.807) is 41.0 Å². The van der Waals surface area contributed by atoms with E-state index in [1.165, 1.54) is 0 Å². The SMILES string of the molecule is O=C(Cc1ccccc1)N[C@]1(C(F)(F)F)NC(=O)N(C2CCCCC2)C1=O. The van der Waals surface area contributed by atoms with Gasteiger partial charge in [0, 0.05) is 6.04 Å². The van der Waals surface area contributed by atoms with Crippen molar-refractivity contribution in [1.29, 1.82) is 0 Å². The van der Waals surface area contributed by atoms with Crippen LogP contribution < -0.4 is 10.6 Å². The quantitative estimate of drug-likeness (QED) is 0.784. The fourth-order valence-corrected chi connectivity index (χ4v) is 3.60. The lowest BCUT2D eigenvalue weighted by Gasteiger charge is -2.32. The molecule has 1 saturated heterocycles. The number of hydrogen-bond acceptors (Lipinski definition) is 3. The van der Waals surface area contributed by atoms with Gasteiger partial charge in [0.1, 0.15) is 0 Å². The van der Waals surface area contributed by atoms with E-state index in [4.69, 9.17) is 0 Å². The Labute approximate surface area is 154 Å². The van der Waals surface area contributed by atoms with Crippen LogP contribution in [0.4, 0.5) is 18.0 Å². The minimum atomic E-state index is -5.17. The van der Waals surface area contributed by atoms with E-state index in [0.29, 0.717) is 23.3 Å². The summed E-state index contributed by atoms with van der Waals surface area (Å²) in [6.45, 7) is 0. The Morgan fingerprint density at radius 1 is 1.15 bits per heavy atom. The van der Waals surface area contributed by atoms with E-state index in [0.717, 1.165) is 19.3 Å². The average molecular weight is 383 g/mol. The van der Waals surface area contributed by atoms with Crippen LogP contribution in [0.1, 0.15) is 37.7 Å². The molecule has 0 aromatic heterocycles. The predicted molar refractivity (Wildman–Crippen MR) is 89.3 cm³/mol. The summed E-state index contributed by atoms with van der Waals surface area (Å²) in [6.07, 6.45) is -2.20. The van der Waals surface area contributed by atoms with Gasteiger partial charge < -0.3 is 5.32 Å². The molecule has 9 heteroatoms. The zero-order valence-corrected chi connectivity index (χ0v) is 14.5. The van der Waals surface area contributed by atoms with Gasteiger partial charge >= 0.3 is 12.2 Å². The number of benzene rings is 1. The second kappa shape index (κ2) is 7.21. The van der Waals surface area contributed by atoms with Gasteiger partial charge in [-0.25, -0.2) is 4.79 Å². The molecule has 1 heterocycles. The number of carbonyl (C=O) groups excluding carboxylic acids is 3. The molecular weight excluding hydrogens is 363 g/mol. The molecule has 1 saturated carbocycles. The van der Waals surface area contributed by atoms with E-state index < -0.39 is 35.7 Å². The molecule has 2 fully saturated rings. The minimum absolute atomic E-state index is 0.342. The molecule has 2 aliphatic rings. The number of nitrogens with one attached hydrogen (secondary N) is 2. The molecule has 1 aromatic rings. The number of carbonyl (C=O) groups is 3. The first-order valence-corrected chi connectivity index (χ1v) is 8.82. The first kappa shape index (κ1) is 19.2. The van der Waals surface area contributed by atoms with Gasteiger partial charge in [-0.05, 0) is 18.4 Å². The zero-order valence-electron chi connectivity index (χ0n) is 14.5. The maximum atomic E-state index is 13.8. The molecule has 27 heavy (non-hydrogen) atoms. The monoisotopic (exact) mass is 383 g/mol. The lowest BCUT2D eigenvalue weighted by molar-refractivity contribution is -0.204. The Morgan fingerprint density at radius 2 is 1.78 bits per heavy atom. The minimum Gasteiger partial charge on any atom is -0.318 e. The van der Waals surface area contributed by atoms with Crippen LogP contribution in [0.3, 0.4) is 0 Å². The second-order valence-electron chi connectivity index (χ2n) is 6.86. The summed E-state index contributed by atoms with van der Waals surface area (Å²) in [4.78, 5) is 37.8. The van der Waals surface area contributed by atoms with Crippen molar-refractivity contribution < 1.29 is 27.6 Å². The molecule has 6 nitrogen and oxygen atoms in total. The van der Waals surface area contributed by atoms with Gasteiger partial charge in [-0.3, -0.25) is 19.8 Å². The summed E-state index contributed by atoms with van der Waals surface area (Å²) >= 11 is 0. The van der Waals surface area contributed by atoms with Gasteiger partial charge in [-0.15, -0.1) is 0 Å². The van der Waals surface area contributed by atoms with Gasteiger partial charge in [-0.1, -0.05) is 49.6 Å². The van der Waals surface area contributed by atoms with E-state index in [1.807, 2.05) is 0 Å². The van der Waals surface area contributed by atoms with Crippen LogP contribution in [0, 0.1) is 0 Å². The van der Waals surface area contributed by atoms with Crippen molar-refractivity contribution in [1.82, 2.24) is 15.5 Å². The maximum absolute atomic E-state index is 13.8. The van der Waals surface area contributed by atoms with Crippen LogP contribution in [0.15, 0.2) is 30.3 Å². The highest BCUT2D eigenvalue weighted by Gasteiger charge is 2.69. The molecular formula is C18H20F3N3O3. The third-order valence-electron chi connectivity index (χ3n) is 4.95. The second-order valence-corrected chi connectivity index (χ2v) is 6.86. The van der Waals surface area contributed by atoms with Crippen molar-refractivity contribution >= 4 is 17.8 Å². The first-order chi connectivity index (χ1) is 12.7. The van der Waals surface area contributed by atoms with Crippen LogP contribution in [0.5, 0.6) is 0 Å². The highest BCUT2D eigenvalue weighted by molar-refractivity contribution is 6.09.